The molecule has 2 aromatic carbocycles. The van der Waals surface area contributed by atoms with Crippen LogP contribution in [0.1, 0.15) is 29.6 Å². The summed E-state index contributed by atoms with van der Waals surface area (Å²) in [6, 6.07) is 10.6. The molecule has 1 fully saturated rings. The molecule has 1 saturated heterocycles. The number of nitrogens with one attached hydrogen (secondary N) is 1. The number of amides is 2. The Kier molecular flexibility index (Phi) is 7.50. The molecule has 3 aromatic rings. The fourth-order valence-corrected chi connectivity index (χ4v) is 8.56. The molecule has 196 valence electrons. The number of nitrogens with zero attached hydrogens (tertiary/aromatic N) is 2. The summed E-state index contributed by atoms with van der Waals surface area (Å²) in [6.45, 7) is 1.52. The highest BCUT2D eigenvalue weighted by Crippen LogP contribution is 2.41. The Labute approximate surface area is 229 Å². The Morgan fingerprint density at radius 2 is 1.95 bits per heavy atom. The van der Waals surface area contributed by atoms with Gasteiger partial charge in [0.05, 0.1) is 10.0 Å². The maximum atomic E-state index is 13.2. The van der Waals surface area contributed by atoms with E-state index in [1.807, 2.05) is 24.3 Å². The van der Waals surface area contributed by atoms with E-state index in [0.717, 1.165) is 34.2 Å². The van der Waals surface area contributed by atoms with Gasteiger partial charge in [0.1, 0.15) is 9.23 Å². The van der Waals surface area contributed by atoms with Gasteiger partial charge in [-0.3, -0.25) is 9.59 Å². The quantitative estimate of drug-likeness (QED) is 0.367. The maximum absolute atomic E-state index is 13.2. The summed E-state index contributed by atoms with van der Waals surface area (Å²) >= 11 is 13.0. The second kappa shape index (κ2) is 10.5. The third-order valence-electron chi connectivity index (χ3n) is 6.84. The van der Waals surface area contributed by atoms with Crippen molar-refractivity contribution in [3.05, 3.63) is 50.6 Å². The zero-order valence-electron chi connectivity index (χ0n) is 20.0. The molecule has 0 spiro atoms. The Bertz CT molecular complexity index is 1480. The lowest BCUT2D eigenvalue weighted by Gasteiger charge is -2.30. The highest BCUT2D eigenvalue weighted by molar-refractivity contribution is 7.89. The summed E-state index contributed by atoms with van der Waals surface area (Å²) in [6.07, 6.45) is 1.48. The van der Waals surface area contributed by atoms with Gasteiger partial charge in [0.25, 0.3) is 5.91 Å². The summed E-state index contributed by atoms with van der Waals surface area (Å²) in [5.74, 6) is -0.570. The molecule has 2 aliphatic rings. The molecule has 8 nitrogen and oxygen atoms in total. The maximum Gasteiger partial charge on any atom is 0.258 e. The lowest BCUT2D eigenvalue weighted by atomic mass is 9.96. The van der Waals surface area contributed by atoms with Gasteiger partial charge >= 0.3 is 0 Å². The van der Waals surface area contributed by atoms with Crippen molar-refractivity contribution >= 4 is 78.5 Å². The number of carbonyl (C=O) groups excluding carboxylic acids is 2. The molecular formula is C25H25Cl2N3O5S2. The number of carbonyl (C=O) groups is 2. The molecule has 0 atom stereocenters. The van der Waals surface area contributed by atoms with Crippen molar-refractivity contribution in [2.45, 2.75) is 24.2 Å². The molecule has 2 amide bonds. The van der Waals surface area contributed by atoms with Gasteiger partial charge in [0.15, 0.2) is 0 Å². The van der Waals surface area contributed by atoms with Gasteiger partial charge in [-0.05, 0) is 43.5 Å². The van der Waals surface area contributed by atoms with Crippen LogP contribution in [0.3, 0.4) is 0 Å². The van der Waals surface area contributed by atoms with Gasteiger partial charge in [0.2, 0.25) is 15.9 Å². The molecule has 3 heterocycles. The van der Waals surface area contributed by atoms with Crippen LogP contribution >= 0.6 is 34.5 Å². The van der Waals surface area contributed by atoms with Crippen molar-refractivity contribution in [1.82, 2.24) is 4.31 Å². The first-order valence-electron chi connectivity index (χ1n) is 11.8. The summed E-state index contributed by atoms with van der Waals surface area (Å²) in [4.78, 5) is 28.0. The van der Waals surface area contributed by atoms with Crippen LogP contribution in [0.25, 0.3) is 10.8 Å². The van der Waals surface area contributed by atoms with Crippen molar-refractivity contribution in [3.8, 4) is 0 Å². The van der Waals surface area contributed by atoms with E-state index in [1.165, 1.54) is 10.4 Å². The van der Waals surface area contributed by atoms with Gasteiger partial charge in [0, 0.05) is 61.3 Å². The average Bonchev–Trinajstić information content (AvgIpc) is 3.38. The van der Waals surface area contributed by atoms with Crippen molar-refractivity contribution < 1.29 is 22.7 Å². The Morgan fingerprint density at radius 3 is 2.62 bits per heavy atom. The molecule has 12 heteroatoms. The third-order valence-corrected chi connectivity index (χ3v) is 10.5. The minimum Gasteiger partial charge on any atom is -0.385 e. The molecule has 0 aliphatic carbocycles. The number of anilines is 2. The molecule has 2 aliphatic heterocycles. The number of rotatable bonds is 8. The number of thiophene rings is 1. The molecule has 0 bridgehead atoms. The predicted molar refractivity (Wildman–Crippen MR) is 147 cm³/mol. The first-order chi connectivity index (χ1) is 17.7. The first-order valence-corrected chi connectivity index (χ1v) is 14.9. The van der Waals surface area contributed by atoms with E-state index < -0.39 is 10.0 Å². The zero-order valence-corrected chi connectivity index (χ0v) is 23.1. The van der Waals surface area contributed by atoms with Crippen LogP contribution in [0.2, 0.25) is 8.67 Å². The molecular weight excluding hydrogens is 557 g/mol. The van der Waals surface area contributed by atoms with E-state index in [0.29, 0.717) is 41.6 Å². The van der Waals surface area contributed by atoms with E-state index in [1.54, 1.807) is 18.1 Å². The fourth-order valence-electron chi connectivity index (χ4n) is 4.98. The number of ether oxygens (including phenoxy) is 1. The van der Waals surface area contributed by atoms with Crippen LogP contribution in [0, 0.1) is 5.92 Å². The zero-order chi connectivity index (χ0) is 26.3. The third kappa shape index (κ3) is 4.86. The highest BCUT2D eigenvalue weighted by Gasteiger charge is 2.35. The monoisotopic (exact) mass is 581 g/mol. The average molecular weight is 583 g/mol. The topological polar surface area (TPSA) is 96.0 Å². The van der Waals surface area contributed by atoms with Crippen LogP contribution in [0.4, 0.5) is 11.4 Å². The van der Waals surface area contributed by atoms with E-state index in [2.05, 4.69) is 5.32 Å². The van der Waals surface area contributed by atoms with Gasteiger partial charge in [-0.15, -0.1) is 11.3 Å². The Morgan fingerprint density at radius 1 is 1.19 bits per heavy atom. The van der Waals surface area contributed by atoms with Gasteiger partial charge in [-0.25, -0.2) is 8.42 Å². The molecule has 0 unspecified atom stereocenters. The smallest absolute Gasteiger partial charge is 0.258 e. The number of benzene rings is 2. The van der Waals surface area contributed by atoms with Gasteiger partial charge in [-0.2, -0.15) is 4.31 Å². The number of methoxy groups -OCH3 is 1. The number of hydrogen-bond donors (Lipinski definition) is 1. The number of hydrogen-bond acceptors (Lipinski definition) is 6. The van der Waals surface area contributed by atoms with E-state index in [4.69, 9.17) is 27.9 Å². The van der Waals surface area contributed by atoms with E-state index in [-0.39, 0.29) is 40.1 Å². The fraction of sp³-hybridized carbons (Fsp3) is 0.360. The standard InChI is InChI=1S/C25H25Cl2N3O5S2/c1-35-13-3-10-30-19-7-6-18(16-4-2-5-17(22(16)19)25(30)32)28-24(31)15-8-11-29(12-9-15)37(33,34)20-14-21(26)36-23(20)27/h2,4-7,14-15H,3,8-13H2,1H3,(H,28,31). The van der Waals surface area contributed by atoms with Gasteiger partial charge in [-0.1, -0.05) is 35.3 Å². The number of sulfonamides is 1. The number of piperidine rings is 1. The molecule has 1 aromatic heterocycles. The Hall–Kier alpha value is -2.21. The summed E-state index contributed by atoms with van der Waals surface area (Å²) < 4.78 is 32.9. The minimum absolute atomic E-state index is 0.00534. The summed E-state index contributed by atoms with van der Waals surface area (Å²) in [5, 5.41) is 4.65. The second-order valence-corrected chi connectivity index (χ2v) is 13.2. The van der Waals surface area contributed by atoms with Crippen LogP contribution in [-0.2, 0) is 19.6 Å². The molecule has 37 heavy (non-hydrogen) atoms. The summed E-state index contributed by atoms with van der Waals surface area (Å²) in [7, 11) is -2.15. The van der Waals surface area contributed by atoms with Crippen LogP contribution in [0.5, 0.6) is 0 Å². The van der Waals surface area contributed by atoms with Crippen LogP contribution in [0.15, 0.2) is 41.3 Å². The SMILES string of the molecule is COCCCN1C(=O)c2cccc3c(NC(=O)C4CCN(S(=O)(=O)c5cc(Cl)sc5Cl)CC4)ccc1c23. The lowest BCUT2D eigenvalue weighted by Crippen LogP contribution is -2.41. The molecule has 1 N–H and O–H groups in total. The van der Waals surface area contributed by atoms with Gasteiger partial charge < -0.3 is 15.0 Å². The molecule has 5 rings (SSSR count). The second-order valence-electron chi connectivity index (χ2n) is 9.02. The normalized spacial score (nSPS) is 16.6. The van der Waals surface area contributed by atoms with Crippen LogP contribution in [-0.4, -0.2) is 57.9 Å². The minimum atomic E-state index is -3.78. The van der Waals surface area contributed by atoms with Crippen molar-refractivity contribution in [2.75, 3.05) is 43.6 Å². The molecule has 0 radical (unpaired) electrons. The molecule has 0 saturated carbocycles. The first kappa shape index (κ1) is 26.4. The van der Waals surface area contributed by atoms with Crippen molar-refractivity contribution in [2.24, 2.45) is 5.92 Å². The van der Waals surface area contributed by atoms with E-state index in [9.17, 15) is 18.0 Å². The number of halogens is 2. The van der Waals surface area contributed by atoms with Crippen LogP contribution < -0.4 is 10.2 Å². The van der Waals surface area contributed by atoms with Crippen molar-refractivity contribution in [3.63, 3.8) is 0 Å². The Balaban J connectivity index is 1.30. The summed E-state index contributed by atoms with van der Waals surface area (Å²) in [5.41, 5.74) is 2.08. The predicted octanol–water partition coefficient (Wildman–Crippen LogP) is 5.24. The highest BCUT2D eigenvalue weighted by atomic mass is 35.5. The van der Waals surface area contributed by atoms with Crippen molar-refractivity contribution in [1.29, 1.82) is 0 Å². The lowest BCUT2D eigenvalue weighted by molar-refractivity contribution is -0.120. The largest absolute Gasteiger partial charge is 0.385 e. The van der Waals surface area contributed by atoms with E-state index >= 15 is 0 Å².